The van der Waals surface area contributed by atoms with Gasteiger partial charge in [-0.3, -0.25) is 9.59 Å². The second-order valence-electron chi connectivity index (χ2n) is 6.73. The molecule has 0 saturated carbocycles. The van der Waals surface area contributed by atoms with Crippen molar-refractivity contribution in [3.05, 3.63) is 22.4 Å². The van der Waals surface area contributed by atoms with Gasteiger partial charge in [0.2, 0.25) is 12.3 Å². The molecule has 0 bridgehead atoms. The van der Waals surface area contributed by atoms with Crippen LogP contribution < -0.4 is 5.32 Å². The first-order chi connectivity index (χ1) is 10.4. The summed E-state index contributed by atoms with van der Waals surface area (Å²) in [6.45, 7) is 4.81. The molecule has 1 aliphatic rings. The van der Waals surface area contributed by atoms with E-state index < -0.39 is 6.04 Å². The molecular weight excluding hydrogens is 298 g/mol. The van der Waals surface area contributed by atoms with Gasteiger partial charge in [-0.2, -0.15) is 11.3 Å². The molecule has 5 nitrogen and oxygen atoms in total. The molecule has 1 aliphatic heterocycles. The maximum absolute atomic E-state index is 12.6. The van der Waals surface area contributed by atoms with Crippen LogP contribution in [0.1, 0.15) is 18.9 Å². The maximum atomic E-state index is 12.6. The highest BCUT2D eigenvalue weighted by Gasteiger charge is 2.42. The summed E-state index contributed by atoms with van der Waals surface area (Å²) in [4.78, 5) is 27.4. The highest BCUT2D eigenvalue weighted by Crippen LogP contribution is 2.34. The minimum atomic E-state index is -0.453. The molecular formula is C16H25N3O2S. The van der Waals surface area contributed by atoms with E-state index in [0.29, 0.717) is 12.8 Å². The number of rotatable bonds is 8. The molecule has 2 heterocycles. The third kappa shape index (κ3) is 4.30. The SMILES string of the molecule is CN(C)CCC1(C)CN(C(=O)C(Cc2ccsc2)NC=O)C1. The van der Waals surface area contributed by atoms with Crippen LogP contribution in [0, 0.1) is 5.41 Å². The molecule has 1 atom stereocenters. The molecule has 1 aromatic heterocycles. The van der Waals surface area contributed by atoms with Gasteiger partial charge in [0.25, 0.3) is 0 Å². The van der Waals surface area contributed by atoms with Crippen LogP contribution in [-0.2, 0) is 16.0 Å². The Morgan fingerprint density at radius 3 is 2.82 bits per heavy atom. The zero-order chi connectivity index (χ0) is 16.2. The van der Waals surface area contributed by atoms with Crippen LogP contribution >= 0.6 is 11.3 Å². The minimum Gasteiger partial charge on any atom is -0.347 e. The van der Waals surface area contributed by atoms with Crippen molar-refractivity contribution in [2.45, 2.75) is 25.8 Å². The largest absolute Gasteiger partial charge is 0.347 e. The second-order valence-corrected chi connectivity index (χ2v) is 7.51. The number of carbonyl (C=O) groups excluding carboxylic acids is 2. The van der Waals surface area contributed by atoms with Crippen molar-refractivity contribution in [2.75, 3.05) is 33.7 Å². The van der Waals surface area contributed by atoms with Crippen LogP contribution in [0.15, 0.2) is 16.8 Å². The predicted octanol–water partition coefficient (Wildman–Crippen LogP) is 1.21. The number of hydrogen-bond acceptors (Lipinski definition) is 4. The number of nitrogens with zero attached hydrogens (tertiary/aromatic N) is 2. The molecule has 122 valence electrons. The molecule has 0 aromatic carbocycles. The molecule has 2 rings (SSSR count). The van der Waals surface area contributed by atoms with Crippen molar-refractivity contribution in [1.82, 2.24) is 15.1 Å². The summed E-state index contributed by atoms with van der Waals surface area (Å²) in [6.07, 6.45) is 2.27. The topological polar surface area (TPSA) is 52.6 Å². The standard InChI is InChI=1S/C16H25N3O2S/c1-16(5-6-18(2)3)10-19(11-16)15(21)14(17-12-20)8-13-4-7-22-9-13/h4,7,9,12,14H,5-6,8,10-11H2,1-3H3,(H,17,20). The van der Waals surface area contributed by atoms with E-state index in [1.165, 1.54) is 0 Å². The van der Waals surface area contributed by atoms with Crippen molar-refractivity contribution in [1.29, 1.82) is 0 Å². The van der Waals surface area contributed by atoms with E-state index in [1.807, 2.05) is 21.7 Å². The van der Waals surface area contributed by atoms with Gasteiger partial charge in [-0.05, 0) is 49.5 Å². The summed E-state index contributed by atoms with van der Waals surface area (Å²) >= 11 is 1.60. The summed E-state index contributed by atoms with van der Waals surface area (Å²) in [5.41, 5.74) is 1.29. The lowest BCUT2D eigenvalue weighted by atomic mass is 9.78. The van der Waals surface area contributed by atoms with Gasteiger partial charge in [-0.1, -0.05) is 6.92 Å². The van der Waals surface area contributed by atoms with Crippen molar-refractivity contribution in [2.24, 2.45) is 5.41 Å². The smallest absolute Gasteiger partial charge is 0.245 e. The molecule has 1 aromatic rings. The average Bonchev–Trinajstić information content (AvgIpc) is 2.94. The van der Waals surface area contributed by atoms with E-state index in [2.05, 4.69) is 31.2 Å². The van der Waals surface area contributed by atoms with Gasteiger partial charge >= 0.3 is 0 Å². The van der Waals surface area contributed by atoms with Crippen molar-refractivity contribution >= 4 is 23.7 Å². The fourth-order valence-corrected chi connectivity index (χ4v) is 3.53. The van der Waals surface area contributed by atoms with E-state index in [1.54, 1.807) is 11.3 Å². The van der Waals surface area contributed by atoms with E-state index in [9.17, 15) is 9.59 Å². The van der Waals surface area contributed by atoms with Crippen LogP contribution in [0.2, 0.25) is 0 Å². The Morgan fingerprint density at radius 2 is 2.27 bits per heavy atom. The number of nitrogens with one attached hydrogen (secondary N) is 1. The van der Waals surface area contributed by atoms with Gasteiger partial charge in [-0.25, -0.2) is 0 Å². The van der Waals surface area contributed by atoms with Crippen LogP contribution in [-0.4, -0.2) is 61.9 Å². The third-order valence-electron chi connectivity index (χ3n) is 4.21. The Kier molecular flexibility index (Phi) is 5.58. The third-order valence-corrected chi connectivity index (χ3v) is 4.94. The van der Waals surface area contributed by atoms with E-state index in [4.69, 9.17) is 0 Å². The Morgan fingerprint density at radius 1 is 1.55 bits per heavy atom. The molecule has 1 fully saturated rings. The normalized spacial score (nSPS) is 17.9. The van der Waals surface area contributed by atoms with Gasteiger partial charge in [0.05, 0.1) is 0 Å². The molecule has 0 aliphatic carbocycles. The van der Waals surface area contributed by atoms with E-state index >= 15 is 0 Å². The second kappa shape index (κ2) is 7.24. The molecule has 1 unspecified atom stereocenters. The molecule has 0 radical (unpaired) electrons. The molecule has 2 amide bonds. The number of hydrogen-bond donors (Lipinski definition) is 1. The van der Waals surface area contributed by atoms with Crippen molar-refractivity contribution in [3.8, 4) is 0 Å². The summed E-state index contributed by atoms with van der Waals surface area (Å²) in [5, 5.41) is 6.68. The van der Waals surface area contributed by atoms with Gasteiger partial charge < -0.3 is 15.1 Å². The van der Waals surface area contributed by atoms with E-state index in [-0.39, 0.29) is 11.3 Å². The number of carbonyl (C=O) groups is 2. The Balaban J connectivity index is 1.88. The monoisotopic (exact) mass is 323 g/mol. The summed E-state index contributed by atoms with van der Waals surface area (Å²) in [6, 6.07) is 1.54. The minimum absolute atomic E-state index is 0.0284. The molecule has 0 spiro atoms. The number of likely N-dealkylation sites (tertiary alicyclic amines) is 1. The van der Waals surface area contributed by atoms with Crippen LogP contribution in [0.4, 0.5) is 0 Å². The van der Waals surface area contributed by atoms with Gasteiger partial charge in [0, 0.05) is 24.9 Å². The summed E-state index contributed by atoms with van der Waals surface area (Å²) in [5.74, 6) is 0.0284. The highest BCUT2D eigenvalue weighted by atomic mass is 32.1. The number of amides is 2. The number of thiophene rings is 1. The quantitative estimate of drug-likeness (QED) is 0.732. The average molecular weight is 323 g/mol. The van der Waals surface area contributed by atoms with Crippen molar-refractivity contribution in [3.63, 3.8) is 0 Å². The van der Waals surface area contributed by atoms with Crippen molar-refractivity contribution < 1.29 is 9.59 Å². The first-order valence-electron chi connectivity index (χ1n) is 7.58. The molecule has 22 heavy (non-hydrogen) atoms. The van der Waals surface area contributed by atoms with Gasteiger partial charge in [0.15, 0.2) is 0 Å². The molecule has 1 N–H and O–H groups in total. The van der Waals surface area contributed by atoms with Crippen LogP contribution in [0.25, 0.3) is 0 Å². The first-order valence-corrected chi connectivity index (χ1v) is 8.52. The zero-order valence-corrected chi connectivity index (χ0v) is 14.4. The fourth-order valence-electron chi connectivity index (χ4n) is 2.85. The maximum Gasteiger partial charge on any atom is 0.245 e. The molecule has 1 saturated heterocycles. The van der Waals surface area contributed by atoms with Crippen LogP contribution in [0.3, 0.4) is 0 Å². The lowest BCUT2D eigenvalue weighted by Gasteiger charge is -2.49. The van der Waals surface area contributed by atoms with Crippen LogP contribution in [0.5, 0.6) is 0 Å². The predicted molar refractivity (Wildman–Crippen MR) is 88.9 cm³/mol. The lowest BCUT2D eigenvalue weighted by molar-refractivity contribution is -0.146. The fraction of sp³-hybridized carbons (Fsp3) is 0.625. The van der Waals surface area contributed by atoms with Gasteiger partial charge in [0.1, 0.15) is 6.04 Å². The molecule has 6 heteroatoms. The highest BCUT2D eigenvalue weighted by molar-refractivity contribution is 7.07. The summed E-state index contributed by atoms with van der Waals surface area (Å²) < 4.78 is 0. The zero-order valence-electron chi connectivity index (χ0n) is 13.5. The summed E-state index contributed by atoms with van der Waals surface area (Å²) in [7, 11) is 4.13. The first kappa shape index (κ1) is 17.0. The lowest BCUT2D eigenvalue weighted by Crippen LogP contribution is -2.61. The Labute approximate surface area is 136 Å². The Bertz CT molecular complexity index is 495. The Hall–Kier alpha value is -1.40. The van der Waals surface area contributed by atoms with Gasteiger partial charge in [-0.15, -0.1) is 0 Å². The van der Waals surface area contributed by atoms with E-state index in [0.717, 1.165) is 31.6 Å².